The van der Waals surface area contributed by atoms with E-state index in [0.717, 1.165) is 19.3 Å². The van der Waals surface area contributed by atoms with Crippen LogP contribution in [0.2, 0.25) is 0 Å². The third kappa shape index (κ3) is 3.66. The normalized spacial score (nSPS) is 21.2. The largest absolute Gasteiger partial charge is 0.467 e. The number of carbonyl (C=O) groups is 2. The molecule has 2 unspecified atom stereocenters. The number of allylic oxidation sites excluding steroid dienone is 2. The average molecular weight is 227 g/mol. The number of ether oxygens (including phenoxy) is 1. The number of hydrogen-bond donors (Lipinski definition) is 2. The van der Waals surface area contributed by atoms with Crippen LogP contribution in [-0.2, 0) is 14.3 Å². The summed E-state index contributed by atoms with van der Waals surface area (Å²) in [5.41, 5.74) is 0. The summed E-state index contributed by atoms with van der Waals surface area (Å²) in [5, 5.41) is 11.8. The van der Waals surface area contributed by atoms with Crippen LogP contribution in [-0.4, -0.2) is 36.7 Å². The monoisotopic (exact) mass is 227 g/mol. The molecule has 1 rings (SSSR count). The number of carbonyl (C=O) groups excluding carboxylic acids is 2. The first-order chi connectivity index (χ1) is 7.65. The fourth-order valence-corrected chi connectivity index (χ4v) is 1.59. The topological polar surface area (TPSA) is 75.6 Å². The molecule has 0 fully saturated rings. The first-order valence-electron chi connectivity index (χ1n) is 5.33. The van der Waals surface area contributed by atoms with Crippen LogP contribution in [0.15, 0.2) is 12.2 Å². The Balaban J connectivity index is 2.29. The van der Waals surface area contributed by atoms with E-state index >= 15 is 0 Å². The Bertz CT molecular complexity index is 288. The molecule has 1 aliphatic rings. The Kier molecular flexibility index (Phi) is 4.98. The lowest BCUT2D eigenvalue weighted by Crippen LogP contribution is -2.40. The Labute approximate surface area is 94.5 Å². The van der Waals surface area contributed by atoms with Gasteiger partial charge in [0.05, 0.1) is 13.7 Å². The van der Waals surface area contributed by atoms with Crippen LogP contribution in [0, 0.1) is 5.92 Å². The molecule has 0 saturated carbocycles. The summed E-state index contributed by atoms with van der Waals surface area (Å²) in [5.74, 6) is -0.897. The lowest BCUT2D eigenvalue weighted by atomic mass is 9.94. The summed E-state index contributed by atoms with van der Waals surface area (Å²) in [6, 6.07) is 0. The number of hydrogen-bond acceptors (Lipinski definition) is 4. The number of methoxy groups -OCH3 is 1. The molecule has 16 heavy (non-hydrogen) atoms. The van der Waals surface area contributed by atoms with Crippen molar-refractivity contribution in [2.24, 2.45) is 5.92 Å². The number of aliphatic hydroxyl groups excluding tert-OH is 1. The van der Waals surface area contributed by atoms with Crippen molar-refractivity contribution >= 4 is 11.9 Å². The van der Waals surface area contributed by atoms with Gasteiger partial charge >= 0.3 is 5.97 Å². The quantitative estimate of drug-likeness (QED) is 0.523. The minimum absolute atomic E-state index is 0.0464. The number of amides is 1. The van der Waals surface area contributed by atoms with Crippen molar-refractivity contribution in [3.63, 3.8) is 0 Å². The minimum Gasteiger partial charge on any atom is -0.467 e. The Morgan fingerprint density at radius 3 is 2.88 bits per heavy atom. The highest BCUT2D eigenvalue weighted by Gasteiger charge is 2.21. The summed E-state index contributed by atoms with van der Waals surface area (Å²) in [6.45, 7) is -0.0915. The van der Waals surface area contributed by atoms with Gasteiger partial charge in [0, 0.05) is 5.92 Å². The summed E-state index contributed by atoms with van der Waals surface area (Å²) in [4.78, 5) is 22.5. The molecule has 0 aliphatic heterocycles. The molecule has 5 heteroatoms. The molecule has 0 heterocycles. The van der Waals surface area contributed by atoms with E-state index in [2.05, 4.69) is 10.1 Å². The van der Waals surface area contributed by atoms with Crippen LogP contribution in [0.5, 0.6) is 0 Å². The highest BCUT2D eigenvalue weighted by Crippen LogP contribution is 2.17. The molecule has 5 nitrogen and oxygen atoms in total. The van der Waals surface area contributed by atoms with E-state index in [1.54, 1.807) is 0 Å². The molecule has 0 saturated heterocycles. The van der Waals surface area contributed by atoms with Gasteiger partial charge in [-0.2, -0.15) is 0 Å². The maximum atomic E-state index is 11.6. The van der Waals surface area contributed by atoms with Gasteiger partial charge in [-0.25, -0.2) is 4.79 Å². The molecule has 0 radical (unpaired) electrons. The molecule has 0 aromatic heterocycles. The van der Waals surface area contributed by atoms with Gasteiger partial charge in [-0.15, -0.1) is 0 Å². The standard InChI is InChI=1S/C11H17NO4/c1-16-11(15)9(13)7-12-10(14)8-5-3-2-4-6-8/h2-3,8-9,13H,4-7H2,1H3,(H,12,14). The van der Waals surface area contributed by atoms with Crippen LogP contribution in [0.4, 0.5) is 0 Å². The zero-order valence-electron chi connectivity index (χ0n) is 9.31. The van der Waals surface area contributed by atoms with E-state index < -0.39 is 12.1 Å². The zero-order chi connectivity index (χ0) is 12.0. The van der Waals surface area contributed by atoms with Crippen LogP contribution in [0.3, 0.4) is 0 Å². The smallest absolute Gasteiger partial charge is 0.336 e. The molecule has 1 aliphatic carbocycles. The van der Waals surface area contributed by atoms with E-state index in [0.29, 0.717) is 0 Å². The SMILES string of the molecule is COC(=O)C(O)CNC(=O)C1CC=CCC1. The van der Waals surface area contributed by atoms with Gasteiger partial charge in [0.2, 0.25) is 5.91 Å². The molecule has 2 N–H and O–H groups in total. The van der Waals surface area contributed by atoms with E-state index in [1.165, 1.54) is 7.11 Å². The lowest BCUT2D eigenvalue weighted by molar-refractivity contribution is -0.150. The number of esters is 1. The molecule has 0 aromatic carbocycles. The highest BCUT2D eigenvalue weighted by atomic mass is 16.5. The van der Waals surface area contributed by atoms with Crippen LogP contribution in [0.25, 0.3) is 0 Å². The van der Waals surface area contributed by atoms with Gasteiger partial charge in [0.25, 0.3) is 0 Å². The summed E-state index contributed by atoms with van der Waals surface area (Å²) >= 11 is 0. The van der Waals surface area contributed by atoms with Crippen molar-refractivity contribution in [1.29, 1.82) is 0 Å². The molecule has 0 spiro atoms. The first kappa shape index (κ1) is 12.7. The maximum Gasteiger partial charge on any atom is 0.336 e. The van der Waals surface area contributed by atoms with Crippen molar-refractivity contribution in [1.82, 2.24) is 5.32 Å². The van der Waals surface area contributed by atoms with Crippen LogP contribution >= 0.6 is 0 Å². The Morgan fingerprint density at radius 1 is 1.56 bits per heavy atom. The Hall–Kier alpha value is -1.36. The molecule has 0 aromatic rings. The Morgan fingerprint density at radius 2 is 2.31 bits per heavy atom. The lowest BCUT2D eigenvalue weighted by Gasteiger charge is -2.18. The fourth-order valence-electron chi connectivity index (χ4n) is 1.59. The molecule has 1 amide bonds. The van der Waals surface area contributed by atoms with Gasteiger partial charge in [0.1, 0.15) is 0 Å². The predicted octanol–water partition coefficient (Wildman–Crippen LogP) is -0.00720. The predicted molar refractivity (Wildman–Crippen MR) is 57.5 cm³/mol. The first-order valence-corrected chi connectivity index (χ1v) is 5.33. The molecular weight excluding hydrogens is 210 g/mol. The molecule has 0 bridgehead atoms. The number of aliphatic hydroxyl groups is 1. The van der Waals surface area contributed by atoms with Crippen molar-refractivity contribution in [3.05, 3.63) is 12.2 Å². The molecular formula is C11H17NO4. The van der Waals surface area contributed by atoms with Gasteiger partial charge in [0.15, 0.2) is 6.10 Å². The van der Waals surface area contributed by atoms with E-state index in [9.17, 15) is 14.7 Å². The second-order valence-corrected chi connectivity index (χ2v) is 3.77. The highest BCUT2D eigenvalue weighted by molar-refractivity contribution is 5.80. The van der Waals surface area contributed by atoms with Gasteiger partial charge < -0.3 is 15.2 Å². The second kappa shape index (κ2) is 6.27. The average Bonchev–Trinajstić information content (AvgIpc) is 2.35. The van der Waals surface area contributed by atoms with Crippen molar-refractivity contribution in [2.45, 2.75) is 25.4 Å². The third-order valence-corrected chi connectivity index (χ3v) is 2.58. The van der Waals surface area contributed by atoms with Gasteiger partial charge in [-0.1, -0.05) is 12.2 Å². The van der Waals surface area contributed by atoms with E-state index in [-0.39, 0.29) is 18.4 Å². The fraction of sp³-hybridized carbons (Fsp3) is 0.636. The maximum absolute atomic E-state index is 11.6. The van der Waals surface area contributed by atoms with Gasteiger partial charge in [-0.05, 0) is 19.3 Å². The van der Waals surface area contributed by atoms with Crippen molar-refractivity contribution in [2.75, 3.05) is 13.7 Å². The number of rotatable bonds is 4. The summed E-state index contributed by atoms with van der Waals surface area (Å²) in [7, 11) is 1.19. The van der Waals surface area contributed by atoms with Crippen molar-refractivity contribution < 1.29 is 19.4 Å². The van der Waals surface area contributed by atoms with Crippen molar-refractivity contribution in [3.8, 4) is 0 Å². The molecule has 2 atom stereocenters. The van der Waals surface area contributed by atoms with Crippen LogP contribution in [0.1, 0.15) is 19.3 Å². The zero-order valence-corrected chi connectivity index (χ0v) is 9.31. The third-order valence-electron chi connectivity index (χ3n) is 2.58. The van der Waals surface area contributed by atoms with Gasteiger partial charge in [-0.3, -0.25) is 4.79 Å². The second-order valence-electron chi connectivity index (χ2n) is 3.77. The molecule has 90 valence electrons. The van der Waals surface area contributed by atoms with E-state index in [4.69, 9.17) is 0 Å². The summed E-state index contributed by atoms with van der Waals surface area (Å²) < 4.78 is 4.34. The number of nitrogens with one attached hydrogen (secondary N) is 1. The minimum atomic E-state index is -1.28. The summed E-state index contributed by atoms with van der Waals surface area (Å²) in [6.07, 6.45) is 5.18. The van der Waals surface area contributed by atoms with Crippen LogP contribution < -0.4 is 5.32 Å². The van der Waals surface area contributed by atoms with E-state index in [1.807, 2.05) is 12.2 Å².